The second kappa shape index (κ2) is 7.50. The molecule has 0 spiro atoms. The average molecular weight is 424 g/mol. The first-order chi connectivity index (χ1) is 14.7. The van der Waals surface area contributed by atoms with Crippen molar-refractivity contribution in [3.05, 3.63) is 59.9 Å². The molecule has 0 radical (unpaired) electrons. The minimum absolute atomic E-state index is 0.0772. The molecule has 2 aliphatic rings. The van der Waals surface area contributed by atoms with Crippen LogP contribution < -0.4 is 15.5 Å². The van der Waals surface area contributed by atoms with Crippen molar-refractivity contribution in [2.45, 2.75) is 31.8 Å². The van der Waals surface area contributed by atoms with Crippen LogP contribution in [0.5, 0.6) is 0 Å². The Kier molecular flexibility index (Phi) is 4.96. The number of para-hydroxylation sites is 2. The quantitative estimate of drug-likeness (QED) is 0.739. The summed E-state index contributed by atoms with van der Waals surface area (Å²) in [5, 5.41) is 5.37. The van der Waals surface area contributed by atoms with Gasteiger partial charge in [0.1, 0.15) is 17.9 Å². The van der Waals surface area contributed by atoms with Gasteiger partial charge in [0.25, 0.3) is 5.91 Å². The number of benzene rings is 2. The number of anilines is 2. The summed E-state index contributed by atoms with van der Waals surface area (Å²) in [5.74, 6) is -1.80. The van der Waals surface area contributed by atoms with Gasteiger partial charge in [0.05, 0.1) is 11.4 Å². The third-order valence-corrected chi connectivity index (χ3v) is 5.62. The SMILES string of the molecule is C[C@H]1CC(=O)Nc2ccccc2N1C(=O)CN1C(=O)N[C@@](C)(c2ccc(F)cc2)C1=O. The van der Waals surface area contributed by atoms with Crippen LogP contribution in [-0.2, 0) is 19.9 Å². The number of carbonyl (C=O) groups is 4. The molecule has 0 saturated carbocycles. The Balaban J connectivity index is 1.61. The molecule has 0 aromatic heterocycles. The summed E-state index contributed by atoms with van der Waals surface area (Å²) in [6, 6.07) is 10.9. The van der Waals surface area contributed by atoms with Crippen LogP contribution in [0.25, 0.3) is 0 Å². The molecular weight excluding hydrogens is 403 g/mol. The van der Waals surface area contributed by atoms with E-state index in [1.54, 1.807) is 31.2 Å². The number of fused-ring (bicyclic) bond motifs is 1. The van der Waals surface area contributed by atoms with Gasteiger partial charge in [-0.15, -0.1) is 0 Å². The summed E-state index contributed by atoms with van der Waals surface area (Å²) in [6.45, 7) is 2.75. The molecule has 9 heteroatoms. The molecule has 31 heavy (non-hydrogen) atoms. The van der Waals surface area contributed by atoms with Crippen LogP contribution in [0.15, 0.2) is 48.5 Å². The van der Waals surface area contributed by atoms with Gasteiger partial charge in [0.2, 0.25) is 11.8 Å². The number of rotatable bonds is 3. The highest BCUT2D eigenvalue weighted by Gasteiger charge is 2.50. The van der Waals surface area contributed by atoms with Crippen molar-refractivity contribution >= 4 is 35.1 Å². The number of urea groups is 1. The van der Waals surface area contributed by atoms with Gasteiger partial charge in [-0.1, -0.05) is 24.3 Å². The lowest BCUT2D eigenvalue weighted by molar-refractivity contribution is -0.134. The Bertz CT molecular complexity index is 1090. The van der Waals surface area contributed by atoms with Crippen LogP contribution in [0, 0.1) is 5.82 Å². The monoisotopic (exact) mass is 424 g/mol. The van der Waals surface area contributed by atoms with E-state index >= 15 is 0 Å². The molecule has 2 N–H and O–H groups in total. The lowest BCUT2D eigenvalue weighted by Crippen LogP contribution is -2.47. The number of nitrogens with one attached hydrogen (secondary N) is 2. The third-order valence-electron chi connectivity index (χ3n) is 5.62. The highest BCUT2D eigenvalue weighted by atomic mass is 19.1. The van der Waals surface area contributed by atoms with Crippen LogP contribution in [0.1, 0.15) is 25.8 Å². The van der Waals surface area contributed by atoms with Crippen LogP contribution in [0.2, 0.25) is 0 Å². The van der Waals surface area contributed by atoms with Crippen molar-refractivity contribution in [2.24, 2.45) is 0 Å². The Labute approximate surface area is 178 Å². The predicted octanol–water partition coefficient (Wildman–Crippen LogP) is 2.36. The molecule has 8 nitrogen and oxygen atoms in total. The van der Waals surface area contributed by atoms with Gasteiger partial charge in [-0.2, -0.15) is 0 Å². The predicted molar refractivity (Wildman–Crippen MR) is 111 cm³/mol. The molecule has 2 aromatic rings. The Morgan fingerprint density at radius 1 is 1.13 bits per heavy atom. The Morgan fingerprint density at radius 3 is 2.52 bits per heavy atom. The zero-order valence-corrected chi connectivity index (χ0v) is 17.0. The summed E-state index contributed by atoms with van der Waals surface area (Å²) in [7, 11) is 0. The van der Waals surface area contributed by atoms with E-state index in [-0.39, 0.29) is 12.3 Å². The number of nitrogens with zero attached hydrogens (tertiary/aromatic N) is 2. The van der Waals surface area contributed by atoms with E-state index in [1.165, 1.54) is 36.1 Å². The van der Waals surface area contributed by atoms with Crippen molar-refractivity contribution in [1.82, 2.24) is 10.2 Å². The van der Waals surface area contributed by atoms with Gasteiger partial charge in [0, 0.05) is 12.5 Å². The smallest absolute Gasteiger partial charge is 0.324 e. The molecule has 4 rings (SSSR count). The van der Waals surface area contributed by atoms with Gasteiger partial charge in [0.15, 0.2) is 0 Å². The van der Waals surface area contributed by atoms with Crippen LogP contribution in [0.3, 0.4) is 0 Å². The maximum atomic E-state index is 13.3. The fourth-order valence-corrected chi connectivity index (χ4v) is 4.00. The minimum atomic E-state index is -1.41. The largest absolute Gasteiger partial charge is 0.325 e. The summed E-state index contributed by atoms with van der Waals surface area (Å²) in [4.78, 5) is 53.3. The maximum Gasteiger partial charge on any atom is 0.325 e. The van der Waals surface area contributed by atoms with E-state index < -0.39 is 41.8 Å². The zero-order valence-electron chi connectivity index (χ0n) is 17.0. The molecule has 160 valence electrons. The van der Waals surface area contributed by atoms with Crippen molar-refractivity contribution < 1.29 is 23.6 Å². The van der Waals surface area contributed by atoms with E-state index in [9.17, 15) is 23.6 Å². The first kappa shape index (κ1) is 20.5. The number of amides is 5. The number of halogens is 1. The van der Waals surface area contributed by atoms with E-state index in [2.05, 4.69) is 10.6 Å². The summed E-state index contributed by atoms with van der Waals surface area (Å²) < 4.78 is 13.3. The number of hydrogen-bond acceptors (Lipinski definition) is 4. The third kappa shape index (κ3) is 3.52. The molecule has 0 unspecified atom stereocenters. The molecule has 0 aliphatic carbocycles. The van der Waals surface area contributed by atoms with Gasteiger partial charge in [-0.3, -0.25) is 19.3 Å². The zero-order chi connectivity index (χ0) is 22.3. The standard InChI is InChI=1S/C22H21FN4O4/c1-13-11-18(28)24-16-5-3-4-6-17(16)27(13)19(29)12-26-20(30)22(2,25-21(26)31)14-7-9-15(23)10-8-14/h3-10,13H,11-12H2,1-2H3,(H,24,28)(H,25,31)/t13-,22-/m0/s1. The van der Waals surface area contributed by atoms with Gasteiger partial charge < -0.3 is 15.5 Å². The molecule has 0 bridgehead atoms. The Morgan fingerprint density at radius 2 is 1.81 bits per heavy atom. The molecular formula is C22H21FN4O4. The lowest BCUT2D eigenvalue weighted by Gasteiger charge is -2.29. The van der Waals surface area contributed by atoms with Gasteiger partial charge >= 0.3 is 6.03 Å². The highest BCUT2D eigenvalue weighted by Crippen LogP contribution is 2.33. The van der Waals surface area contributed by atoms with Crippen molar-refractivity contribution in [3.8, 4) is 0 Å². The fraction of sp³-hybridized carbons (Fsp3) is 0.273. The number of imide groups is 1. The van der Waals surface area contributed by atoms with Gasteiger partial charge in [-0.05, 0) is 43.7 Å². The summed E-state index contributed by atoms with van der Waals surface area (Å²) >= 11 is 0. The second-order valence-electron chi connectivity index (χ2n) is 7.84. The van der Waals surface area contributed by atoms with E-state index in [0.29, 0.717) is 16.9 Å². The van der Waals surface area contributed by atoms with Crippen molar-refractivity contribution in [2.75, 3.05) is 16.8 Å². The normalized spacial score (nSPS) is 23.2. The fourth-order valence-electron chi connectivity index (χ4n) is 4.00. The van der Waals surface area contributed by atoms with Crippen molar-refractivity contribution in [3.63, 3.8) is 0 Å². The molecule has 2 aromatic carbocycles. The second-order valence-corrected chi connectivity index (χ2v) is 7.84. The van der Waals surface area contributed by atoms with Crippen LogP contribution in [0.4, 0.5) is 20.6 Å². The summed E-state index contributed by atoms with van der Waals surface area (Å²) in [5.41, 5.74) is -0.0199. The molecule has 1 saturated heterocycles. The minimum Gasteiger partial charge on any atom is -0.324 e. The van der Waals surface area contributed by atoms with Gasteiger partial charge in [-0.25, -0.2) is 9.18 Å². The van der Waals surface area contributed by atoms with Crippen molar-refractivity contribution in [1.29, 1.82) is 0 Å². The summed E-state index contributed by atoms with van der Waals surface area (Å²) in [6.07, 6.45) is 0.0772. The number of carbonyl (C=O) groups excluding carboxylic acids is 4. The topological polar surface area (TPSA) is 98.8 Å². The highest BCUT2D eigenvalue weighted by molar-refractivity contribution is 6.12. The molecule has 2 heterocycles. The maximum absolute atomic E-state index is 13.3. The first-order valence-corrected chi connectivity index (χ1v) is 9.82. The Hall–Kier alpha value is -3.75. The van der Waals surface area contributed by atoms with E-state index in [4.69, 9.17) is 0 Å². The van der Waals surface area contributed by atoms with Crippen LogP contribution >= 0.6 is 0 Å². The first-order valence-electron chi connectivity index (χ1n) is 9.82. The molecule has 5 amide bonds. The van der Waals surface area contributed by atoms with Crippen LogP contribution in [-0.4, -0.2) is 41.2 Å². The van der Waals surface area contributed by atoms with E-state index in [0.717, 1.165) is 4.90 Å². The molecule has 2 atom stereocenters. The molecule has 1 fully saturated rings. The average Bonchev–Trinajstić information content (AvgIpc) is 2.85. The lowest BCUT2D eigenvalue weighted by atomic mass is 9.92. The van der Waals surface area contributed by atoms with E-state index in [1.807, 2.05) is 0 Å². The number of hydrogen-bond donors (Lipinski definition) is 2. The molecule has 2 aliphatic heterocycles.